The van der Waals surface area contributed by atoms with Crippen molar-refractivity contribution in [3.05, 3.63) is 24.3 Å². The summed E-state index contributed by atoms with van der Waals surface area (Å²) in [7, 11) is 6.44. The largest absolute Gasteiger partial charge is 1.00 e. The molecule has 1 aromatic rings. The summed E-state index contributed by atoms with van der Waals surface area (Å²) in [5, 5.41) is 0. The molecular formula is C11H20Br2N2O. The van der Waals surface area contributed by atoms with Gasteiger partial charge in [0, 0.05) is 5.69 Å². The first-order chi connectivity index (χ1) is 6.47. The van der Waals surface area contributed by atoms with Crippen LogP contribution in [-0.2, 0) is 0 Å². The number of nitrogens with two attached hydrogens (primary N) is 1. The molecule has 1 aromatic carbocycles. The molecule has 16 heavy (non-hydrogen) atoms. The summed E-state index contributed by atoms with van der Waals surface area (Å²) >= 11 is 0. The van der Waals surface area contributed by atoms with Crippen LogP contribution >= 0.6 is 17.0 Å². The predicted molar refractivity (Wildman–Crippen MR) is 69.6 cm³/mol. The molecule has 94 valence electrons. The molecule has 0 atom stereocenters. The number of likely N-dealkylation sites (N-methyl/N-ethyl adjacent to an activating group) is 1. The lowest BCUT2D eigenvalue weighted by molar-refractivity contribution is -0.870. The molecular weight excluding hydrogens is 336 g/mol. The second-order valence-corrected chi connectivity index (χ2v) is 4.43. The summed E-state index contributed by atoms with van der Waals surface area (Å²) in [6.45, 7) is 1.72. The van der Waals surface area contributed by atoms with Crippen molar-refractivity contribution < 1.29 is 26.2 Å². The monoisotopic (exact) mass is 354 g/mol. The minimum absolute atomic E-state index is 0. The zero-order valence-electron chi connectivity index (χ0n) is 9.94. The number of hydrogen-bond donors (Lipinski definition) is 1. The van der Waals surface area contributed by atoms with Gasteiger partial charge in [0.1, 0.15) is 18.9 Å². The van der Waals surface area contributed by atoms with Crippen molar-refractivity contribution in [1.29, 1.82) is 0 Å². The number of benzene rings is 1. The maximum absolute atomic E-state index is 5.57. The van der Waals surface area contributed by atoms with E-state index in [0.29, 0.717) is 0 Å². The Kier molecular flexibility index (Phi) is 8.97. The van der Waals surface area contributed by atoms with Crippen LogP contribution in [0.15, 0.2) is 24.3 Å². The Bertz CT molecular complexity index is 283. The lowest BCUT2D eigenvalue weighted by atomic mass is 10.3. The number of quaternary nitrogens is 1. The van der Waals surface area contributed by atoms with Crippen molar-refractivity contribution in [3.8, 4) is 5.75 Å². The molecule has 0 radical (unpaired) electrons. The van der Waals surface area contributed by atoms with E-state index in [1.54, 1.807) is 0 Å². The van der Waals surface area contributed by atoms with E-state index in [1.807, 2.05) is 24.3 Å². The van der Waals surface area contributed by atoms with Gasteiger partial charge in [-0.1, -0.05) is 0 Å². The summed E-state index contributed by atoms with van der Waals surface area (Å²) in [5.74, 6) is 0.882. The normalized spacial score (nSPS) is 9.94. The van der Waals surface area contributed by atoms with Crippen molar-refractivity contribution in [3.63, 3.8) is 0 Å². The fraction of sp³-hybridized carbons (Fsp3) is 0.455. The molecule has 0 aliphatic rings. The minimum atomic E-state index is 0. The van der Waals surface area contributed by atoms with Crippen molar-refractivity contribution in [2.45, 2.75) is 0 Å². The van der Waals surface area contributed by atoms with Crippen molar-refractivity contribution in [2.75, 3.05) is 40.0 Å². The standard InChI is InChI=1S/C11H19N2O.2BrH/c1-13(2,3)8-9-14-11-6-4-10(12)5-7-11;;/h4-7H,8-9,12H2,1-3H3;2*1H/q+1;;/p-1. The van der Waals surface area contributed by atoms with E-state index in [2.05, 4.69) is 21.1 Å². The van der Waals surface area contributed by atoms with Crippen LogP contribution in [0.2, 0.25) is 0 Å². The number of nitrogens with zero attached hydrogens (tertiary/aromatic N) is 1. The molecule has 0 fully saturated rings. The number of rotatable bonds is 4. The summed E-state index contributed by atoms with van der Waals surface area (Å²) < 4.78 is 6.48. The predicted octanol–water partition coefficient (Wildman–Crippen LogP) is -1.06. The van der Waals surface area contributed by atoms with Crippen LogP contribution in [0.4, 0.5) is 5.69 Å². The third kappa shape index (κ3) is 7.96. The molecule has 1 rings (SSSR count). The summed E-state index contributed by atoms with van der Waals surface area (Å²) in [6.07, 6.45) is 0. The first kappa shape index (κ1) is 18.1. The Labute approximate surface area is 119 Å². The minimum Gasteiger partial charge on any atom is -1.00 e. The molecule has 5 heteroatoms. The lowest BCUT2D eigenvalue weighted by Gasteiger charge is -2.23. The van der Waals surface area contributed by atoms with Gasteiger partial charge in [-0.25, -0.2) is 0 Å². The average Bonchev–Trinajstić information content (AvgIpc) is 2.06. The Morgan fingerprint density at radius 3 is 2.06 bits per heavy atom. The molecule has 0 amide bonds. The van der Waals surface area contributed by atoms with Crippen LogP contribution in [-0.4, -0.2) is 38.8 Å². The zero-order valence-corrected chi connectivity index (χ0v) is 13.2. The maximum Gasteiger partial charge on any atom is 0.137 e. The third-order valence-corrected chi connectivity index (χ3v) is 1.91. The second kappa shape index (κ2) is 7.92. The van der Waals surface area contributed by atoms with Gasteiger partial charge < -0.3 is 31.9 Å². The highest BCUT2D eigenvalue weighted by Gasteiger charge is 2.06. The molecule has 2 N–H and O–H groups in total. The number of anilines is 1. The smallest absolute Gasteiger partial charge is 0.137 e. The Hall–Kier alpha value is -0.260. The SMILES string of the molecule is Br.C[N+](C)(C)CCOc1ccc(N)cc1.[Br-]. The molecule has 0 unspecified atom stereocenters. The third-order valence-electron chi connectivity index (χ3n) is 1.91. The van der Waals surface area contributed by atoms with Crippen LogP contribution < -0.4 is 27.5 Å². The average molecular weight is 356 g/mol. The van der Waals surface area contributed by atoms with E-state index in [0.717, 1.165) is 29.1 Å². The van der Waals surface area contributed by atoms with E-state index in [1.165, 1.54) is 0 Å². The van der Waals surface area contributed by atoms with Gasteiger partial charge in [-0.3, -0.25) is 0 Å². The number of ether oxygens (including phenoxy) is 1. The Morgan fingerprint density at radius 1 is 1.12 bits per heavy atom. The maximum atomic E-state index is 5.57. The van der Waals surface area contributed by atoms with Crippen molar-refractivity contribution >= 4 is 22.7 Å². The van der Waals surface area contributed by atoms with E-state index >= 15 is 0 Å². The zero-order chi connectivity index (χ0) is 10.6. The molecule has 3 nitrogen and oxygen atoms in total. The molecule has 0 bridgehead atoms. The fourth-order valence-corrected chi connectivity index (χ4v) is 1.00. The Morgan fingerprint density at radius 2 is 1.62 bits per heavy atom. The van der Waals surface area contributed by atoms with Crippen LogP contribution in [0.5, 0.6) is 5.75 Å². The topological polar surface area (TPSA) is 35.2 Å². The van der Waals surface area contributed by atoms with E-state index in [-0.39, 0.29) is 34.0 Å². The number of hydrogen-bond acceptors (Lipinski definition) is 2. The van der Waals surface area contributed by atoms with Gasteiger partial charge in [0.05, 0.1) is 21.1 Å². The summed E-state index contributed by atoms with van der Waals surface area (Å²) in [6, 6.07) is 7.48. The van der Waals surface area contributed by atoms with Gasteiger partial charge in [-0.2, -0.15) is 0 Å². The quantitative estimate of drug-likeness (QED) is 0.551. The van der Waals surface area contributed by atoms with Gasteiger partial charge in [0.2, 0.25) is 0 Å². The fourth-order valence-electron chi connectivity index (χ4n) is 1.00. The lowest BCUT2D eigenvalue weighted by Crippen LogP contribution is -3.00. The first-order valence-electron chi connectivity index (χ1n) is 4.76. The second-order valence-electron chi connectivity index (χ2n) is 4.43. The molecule has 0 aliphatic heterocycles. The van der Waals surface area contributed by atoms with Gasteiger partial charge in [0.15, 0.2) is 0 Å². The molecule has 0 heterocycles. The molecule has 0 aromatic heterocycles. The van der Waals surface area contributed by atoms with Crippen molar-refractivity contribution in [1.82, 2.24) is 0 Å². The highest BCUT2D eigenvalue weighted by atomic mass is 79.9. The first-order valence-corrected chi connectivity index (χ1v) is 4.76. The van der Waals surface area contributed by atoms with Crippen LogP contribution in [0.1, 0.15) is 0 Å². The van der Waals surface area contributed by atoms with Crippen LogP contribution in [0.25, 0.3) is 0 Å². The summed E-state index contributed by atoms with van der Waals surface area (Å²) in [4.78, 5) is 0. The molecule has 0 aliphatic carbocycles. The summed E-state index contributed by atoms with van der Waals surface area (Å²) in [5.41, 5.74) is 6.33. The number of nitrogen functional groups attached to an aromatic ring is 1. The van der Waals surface area contributed by atoms with Gasteiger partial charge in [-0.05, 0) is 24.3 Å². The molecule has 0 spiro atoms. The highest BCUT2D eigenvalue weighted by molar-refractivity contribution is 8.93. The molecule has 0 saturated heterocycles. The highest BCUT2D eigenvalue weighted by Crippen LogP contribution is 2.12. The van der Waals surface area contributed by atoms with Gasteiger partial charge in [-0.15, -0.1) is 17.0 Å². The van der Waals surface area contributed by atoms with E-state index < -0.39 is 0 Å². The van der Waals surface area contributed by atoms with Crippen LogP contribution in [0, 0.1) is 0 Å². The van der Waals surface area contributed by atoms with Crippen LogP contribution in [0.3, 0.4) is 0 Å². The van der Waals surface area contributed by atoms with Gasteiger partial charge >= 0.3 is 0 Å². The Balaban J connectivity index is 0. The van der Waals surface area contributed by atoms with Gasteiger partial charge in [0.25, 0.3) is 0 Å². The molecule has 0 saturated carbocycles. The van der Waals surface area contributed by atoms with E-state index in [4.69, 9.17) is 10.5 Å². The number of halogens is 2. The van der Waals surface area contributed by atoms with E-state index in [9.17, 15) is 0 Å². The van der Waals surface area contributed by atoms with Crippen molar-refractivity contribution in [2.24, 2.45) is 0 Å².